The standard InChI is InChI=1S/C4H10BO2/c1-7-4-5-2-3-6/h6H,2-4H2,1H3. The highest BCUT2D eigenvalue weighted by atomic mass is 16.5. The number of aliphatic hydroxyl groups excluding tert-OH is 1. The fourth-order valence-electron chi connectivity index (χ4n) is 0.292. The SMILES string of the molecule is COC[B]CCO. The Kier molecular flexibility index (Phi) is 5.97. The molecule has 0 aromatic rings. The van der Waals surface area contributed by atoms with E-state index in [1.165, 1.54) is 0 Å². The van der Waals surface area contributed by atoms with Crippen LogP contribution in [0.3, 0.4) is 0 Å². The van der Waals surface area contributed by atoms with Gasteiger partial charge in [-0.2, -0.15) is 0 Å². The van der Waals surface area contributed by atoms with Gasteiger partial charge in [-0.25, -0.2) is 0 Å². The molecule has 0 aromatic carbocycles. The molecule has 0 aliphatic carbocycles. The number of methoxy groups -OCH3 is 1. The van der Waals surface area contributed by atoms with Gasteiger partial charge in [0.2, 0.25) is 0 Å². The molecule has 0 heterocycles. The van der Waals surface area contributed by atoms with Gasteiger partial charge in [0.1, 0.15) is 7.28 Å². The number of hydrogen-bond acceptors (Lipinski definition) is 2. The predicted octanol–water partition coefficient (Wildman–Crippen LogP) is -0.295. The third-order valence-corrected chi connectivity index (χ3v) is 0.618. The van der Waals surface area contributed by atoms with E-state index in [0.29, 0.717) is 6.51 Å². The van der Waals surface area contributed by atoms with Crippen LogP contribution >= 0.6 is 0 Å². The molecule has 0 atom stereocenters. The Labute approximate surface area is 44.7 Å². The van der Waals surface area contributed by atoms with Crippen molar-refractivity contribution in [2.75, 3.05) is 20.2 Å². The quantitative estimate of drug-likeness (QED) is 0.389. The zero-order chi connectivity index (χ0) is 5.54. The van der Waals surface area contributed by atoms with E-state index >= 15 is 0 Å². The molecule has 0 spiro atoms. The van der Waals surface area contributed by atoms with E-state index < -0.39 is 0 Å². The van der Waals surface area contributed by atoms with E-state index in [1.54, 1.807) is 7.11 Å². The first kappa shape index (κ1) is 6.98. The molecule has 0 bridgehead atoms. The first-order valence-electron chi connectivity index (χ1n) is 2.33. The second-order valence-corrected chi connectivity index (χ2v) is 1.26. The van der Waals surface area contributed by atoms with Crippen molar-refractivity contribution < 1.29 is 9.84 Å². The summed E-state index contributed by atoms with van der Waals surface area (Å²) in [5.74, 6) is 0. The van der Waals surface area contributed by atoms with Crippen molar-refractivity contribution in [2.45, 2.75) is 6.32 Å². The minimum atomic E-state index is 0.226. The normalized spacial score (nSPS) is 8.86. The van der Waals surface area contributed by atoms with E-state index in [-0.39, 0.29) is 6.61 Å². The molecule has 0 saturated carbocycles. The monoisotopic (exact) mass is 101 g/mol. The zero-order valence-electron chi connectivity index (χ0n) is 4.55. The molecule has 41 valence electrons. The maximum Gasteiger partial charge on any atom is 0.147 e. The lowest BCUT2D eigenvalue weighted by Crippen LogP contribution is -2.01. The Balaban J connectivity index is 2.45. The van der Waals surface area contributed by atoms with Crippen LogP contribution in [0.4, 0.5) is 0 Å². The van der Waals surface area contributed by atoms with Gasteiger partial charge in [0, 0.05) is 20.2 Å². The van der Waals surface area contributed by atoms with Gasteiger partial charge in [0.15, 0.2) is 0 Å². The van der Waals surface area contributed by atoms with E-state index in [0.717, 1.165) is 6.32 Å². The van der Waals surface area contributed by atoms with Crippen LogP contribution in [-0.4, -0.2) is 32.6 Å². The van der Waals surface area contributed by atoms with Crippen LogP contribution in [-0.2, 0) is 4.74 Å². The third-order valence-electron chi connectivity index (χ3n) is 0.618. The highest BCUT2D eigenvalue weighted by molar-refractivity contribution is 6.35. The smallest absolute Gasteiger partial charge is 0.147 e. The molecular formula is C4H10BO2. The van der Waals surface area contributed by atoms with Gasteiger partial charge in [0.05, 0.1) is 0 Å². The minimum absolute atomic E-state index is 0.226. The molecule has 1 radical (unpaired) electrons. The lowest BCUT2D eigenvalue weighted by molar-refractivity contribution is 0.249. The molecule has 0 fully saturated rings. The number of aliphatic hydroxyl groups is 1. The largest absolute Gasteiger partial charge is 0.397 e. The van der Waals surface area contributed by atoms with Crippen molar-refractivity contribution >= 4 is 7.28 Å². The summed E-state index contributed by atoms with van der Waals surface area (Å²) in [5.41, 5.74) is 0. The van der Waals surface area contributed by atoms with E-state index in [9.17, 15) is 0 Å². The van der Waals surface area contributed by atoms with Gasteiger partial charge in [-0.1, -0.05) is 6.32 Å². The zero-order valence-corrected chi connectivity index (χ0v) is 4.55. The van der Waals surface area contributed by atoms with Gasteiger partial charge in [0.25, 0.3) is 0 Å². The fraction of sp³-hybridized carbons (Fsp3) is 1.00. The molecule has 0 amide bonds. The van der Waals surface area contributed by atoms with Crippen molar-refractivity contribution in [1.82, 2.24) is 0 Å². The van der Waals surface area contributed by atoms with Crippen LogP contribution in [0.1, 0.15) is 0 Å². The second-order valence-electron chi connectivity index (χ2n) is 1.26. The molecule has 0 aromatic heterocycles. The lowest BCUT2D eigenvalue weighted by Gasteiger charge is -1.90. The van der Waals surface area contributed by atoms with Gasteiger partial charge in [-0.05, 0) is 0 Å². The molecule has 2 nitrogen and oxygen atoms in total. The summed E-state index contributed by atoms with van der Waals surface area (Å²) in [6, 6.07) is 0. The minimum Gasteiger partial charge on any atom is -0.397 e. The molecule has 0 saturated heterocycles. The molecule has 0 rings (SSSR count). The average molecular weight is 101 g/mol. The first-order valence-corrected chi connectivity index (χ1v) is 2.33. The predicted molar refractivity (Wildman–Crippen MR) is 29.5 cm³/mol. The van der Waals surface area contributed by atoms with Crippen LogP contribution < -0.4 is 0 Å². The van der Waals surface area contributed by atoms with Crippen molar-refractivity contribution in [1.29, 1.82) is 0 Å². The van der Waals surface area contributed by atoms with Gasteiger partial charge < -0.3 is 9.84 Å². The second kappa shape index (κ2) is 5.98. The number of ether oxygens (including phenoxy) is 1. The van der Waals surface area contributed by atoms with E-state index in [1.807, 2.05) is 7.28 Å². The highest BCUT2D eigenvalue weighted by Gasteiger charge is 1.84. The van der Waals surface area contributed by atoms with Gasteiger partial charge in [-0.15, -0.1) is 0 Å². The Morgan fingerprint density at radius 3 is 2.86 bits per heavy atom. The summed E-state index contributed by atoms with van der Waals surface area (Å²) in [7, 11) is 3.52. The van der Waals surface area contributed by atoms with Crippen LogP contribution in [0.15, 0.2) is 0 Å². The van der Waals surface area contributed by atoms with Crippen molar-refractivity contribution in [3.05, 3.63) is 0 Å². The van der Waals surface area contributed by atoms with Crippen LogP contribution in [0, 0.1) is 0 Å². The molecule has 3 heteroatoms. The Morgan fingerprint density at radius 1 is 1.71 bits per heavy atom. The maximum absolute atomic E-state index is 8.21. The van der Waals surface area contributed by atoms with Gasteiger partial charge >= 0.3 is 0 Å². The van der Waals surface area contributed by atoms with E-state index in [4.69, 9.17) is 5.11 Å². The van der Waals surface area contributed by atoms with Crippen LogP contribution in [0.5, 0.6) is 0 Å². The van der Waals surface area contributed by atoms with Crippen molar-refractivity contribution in [3.63, 3.8) is 0 Å². The summed E-state index contributed by atoms with van der Waals surface area (Å²) in [6.07, 6.45) is 0.730. The molecule has 7 heavy (non-hydrogen) atoms. The van der Waals surface area contributed by atoms with E-state index in [2.05, 4.69) is 4.74 Å². The number of hydrogen-bond donors (Lipinski definition) is 1. The summed E-state index contributed by atoms with van der Waals surface area (Å²) in [6.45, 7) is 0.865. The Hall–Kier alpha value is -0.0151. The fourth-order valence-corrected chi connectivity index (χ4v) is 0.292. The molecule has 1 N–H and O–H groups in total. The molecule has 0 unspecified atom stereocenters. The number of rotatable bonds is 4. The summed E-state index contributed by atoms with van der Waals surface area (Å²) >= 11 is 0. The van der Waals surface area contributed by atoms with Crippen LogP contribution in [0.2, 0.25) is 6.32 Å². The third kappa shape index (κ3) is 5.98. The Bertz CT molecular complexity index is 28.9. The van der Waals surface area contributed by atoms with Gasteiger partial charge in [-0.3, -0.25) is 0 Å². The first-order chi connectivity index (χ1) is 3.41. The highest BCUT2D eigenvalue weighted by Crippen LogP contribution is 1.73. The summed E-state index contributed by atoms with van der Waals surface area (Å²) in [5, 5.41) is 8.21. The van der Waals surface area contributed by atoms with Crippen molar-refractivity contribution in [3.8, 4) is 0 Å². The van der Waals surface area contributed by atoms with Crippen LogP contribution in [0.25, 0.3) is 0 Å². The summed E-state index contributed by atoms with van der Waals surface area (Å²) in [4.78, 5) is 0. The lowest BCUT2D eigenvalue weighted by atomic mass is 9.76. The maximum atomic E-state index is 8.21. The Morgan fingerprint density at radius 2 is 2.43 bits per heavy atom. The van der Waals surface area contributed by atoms with Crippen molar-refractivity contribution in [2.24, 2.45) is 0 Å². The average Bonchev–Trinajstić information content (AvgIpc) is 1.69. The summed E-state index contributed by atoms with van der Waals surface area (Å²) < 4.78 is 4.68. The molecule has 0 aliphatic heterocycles. The molecule has 0 aliphatic rings. The topological polar surface area (TPSA) is 29.5 Å². The molecular weight excluding hydrogens is 90.9 g/mol.